The highest BCUT2D eigenvalue weighted by molar-refractivity contribution is 7.89. The smallest absolute Gasteiger partial charge is 0.251 e. The second-order valence-electron chi connectivity index (χ2n) is 6.25. The van der Waals surface area contributed by atoms with Crippen molar-refractivity contribution < 1.29 is 13.2 Å². The average molecular weight is 353 g/mol. The fourth-order valence-electron chi connectivity index (χ4n) is 2.50. The van der Waals surface area contributed by atoms with Gasteiger partial charge in [-0.25, -0.2) is 8.42 Å². The quantitative estimate of drug-likeness (QED) is 0.770. The summed E-state index contributed by atoms with van der Waals surface area (Å²) in [4.78, 5) is 14.7. The molecule has 1 aromatic rings. The van der Waals surface area contributed by atoms with Gasteiger partial charge in [0.25, 0.3) is 5.91 Å². The summed E-state index contributed by atoms with van der Waals surface area (Å²) >= 11 is 0. The van der Waals surface area contributed by atoms with E-state index in [2.05, 4.69) is 31.1 Å². The minimum Gasteiger partial charge on any atom is -0.352 e. The maximum absolute atomic E-state index is 12.4. The molecule has 2 rings (SSSR count). The molecule has 0 saturated carbocycles. The fourth-order valence-corrected chi connectivity index (χ4v) is 4.07. The molecular formula is C17H27N3O3S. The largest absolute Gasteiger partial charge is 0.352 e. The summed E-state index contributed by atoms with van der Waals surface area (Å²) in [6.07, 6.45) is 1.74. The van der Waals surface area contributed by atoms with E-state index < -0.39 is 10.0 Å². The Bertz CT molecular complexity index is 671. The number of nitrogens with zero attached hydrogens (tertiary/aromatic N) is 2. The van der Waals surface area contributed by atoms with Crippen LogP contribution in [0.5, 0.6) is 0 Å². The molecule has 1 fully saturated rings. The Hall–Kier alpha value is -1.44. The number of hydrogen-bond donors (Lipinski definition) is 1. The Morgan fingerprint density at radius 3 is 2.67 bits per heavy atom. The van der Waals surface area contributed by atoms with E-state index in [4.69, 9.17) is 0 Å². The zero-order chi connectivity index (χ0) is 17.7. The maximum atomic E-state index is 12.4. The maximum Gasteiger partial charge on any atom is 0.251 e. The van der Waals surface area contributed by atoms with Crippen molar-refractivity contribution in [2.45, 2.75) is 37.6 Å². The first-order valence-electron chi connectivity index (χ1n) is 8.45. The fraction of sp³-hybridized carbons (Fsp3) is 0.588. The Labute approximate surface area is 144 Å². The van der Waals surface area contributed by atoms with Gasteiger partial charge in [0.15, 0.2) is 0 Å². The summed E-state index contributed by atoms with van der Waals surface area (Å²) < 4.78 is 26.2. The predicted octanol–water partition coefficient (Wildman–Crippen LogP) is 1.54. The Kier molecular flexibility index (Phi) is 6.37. The van der Waals surface area contributed by atoms with E-state index in [1.807, 2.05) is 0 Å². The molecule has 1 aromatic carbocycles. The van der Waals surface area contributed by atoms with Crippen molar-refractivity contribution in [2.75, 3.05) is 33.2 Å². The third-order valence-corrected chi connectivity index (χ3v) is 6.54. The third kappa shape index (κ3) is 4.34. The van der Waals surface area contributed by atoms with Gasteiger partial charge in [-0.05, 0) is 51.6 Å². The highest BCUT2D eigenvalue weighted by Crippen LogP contribution is 2.21. The van der Waals surface area contributed by atoms with E-state index in [0.717, 1.165) is 19.4 Å². The molecule has 134 valence electrons. The van der Waals surface area contributed by atoms with Gasteiger partial charge in [0, 0.05) is 31.2 Å². The first-order valence-corrected chi connectivity index (χ1v) is 9.89. The number of carbonyl (C=O) groups excluding carboxylic acids is 1. The lowest BCUT2D eigenvalue weighted by Gasteiger charge is -2.29. The third-order valence-electron chi connectivity index (χ3n) is 4.65. The van der Waals surface area contributed by atoms with Crippen LogP contribution in [0.15, 0.2) is 29.2 Å². The number of sulfonamides is 1. The topological polar surface area (TPSA) is 69.7 Å². The van der Waals surface area contributed by atoms with Gasteiger partial charge in [-0.3, -0.25) is 4.79 Å². The van der Waals surface area contributed by atoms with Crippen molar-refractivity contribution in [3.63, 3.8) is 0 Å². The van der Waals surface area contributed by atoms with Crippen molar-refractivity contribution in [3.05, 3.63) is 29.8 Å². The van der Waals surface area contributed by atoms with Gasteiger partial charge in [0.1, 0.15) is 0 Å². The lowest BCUT2D eigenvalue weighted by Crippen LogP contribution is -2.42. The van der Waals surface area contributed by atoms with Gasteiger partial charge in [-0.15, -0.1) is 0 Å². The minimum atomic E-state index is -3.46. The van der Waals surface area contributed by atoms with Crippen LogP contribution in [0.4, 0.5) is 0 Å². The molecule has 0 aliphatic carbocycles. The first kappa shape index (κ1) is 18.9. The van der Waals surface area contributed by atoms with Crippen LogP contribution in [0.25, 0.3) is 0 Å². The molecule has 1 aliphatic rings. The first-order chi connectivity index (χ1) is 11.4. The molecule has 24 heavy (non-hydrogen) atoms. The molecule has 0 spiro atoms. The van der Waals surface area contributed by atoms with E-state index in [9.17, 15) is 13.2 Å². The van der Waals surface area contributed by atoms with Crippen LogP contribution in [-0.2, 0) is 10.0 Å². The number of benzene rings is 1. The van der Waals surface area contributed by atoms with Gasteiger partial charge in [0.05, 0.1) is 4.90 Å². The number of hydrogen-bond acceptors (Lipinski definition) is 4. The molecule has 1 N–H and O–H groups in total. The lowest BCUT2D eigenvalue weighted by atomic mass is 10.2. The van der Waals surface area contributed by atoms with Crippen LogP contribution in [0, 0.1) is 0 Å². The van der Waals surface area contributed by atoms with Crippen LogP contribution in [-0.4, -0.2) is 62.8 Å². The van der Waals surface area contributed by atoms with Crippen molar-refractivity contribution in [2.24, 2.45) is 0 Å². The van der Waals surface area contributed by atoms with Crippen molar-refractivity contribution in [3.8, 4) is 0 Å². The molecule has 0 bridgehead atoms. The zero-order valence-corrected chi connectivity index (χ0v) is 15.5. The molecule has 0 radical (unpaired) electrons. The van der Waals surface area contributed by atoms with Gasteiger partial charge < -0.3 is 10.2 Å². The molecule has 7 heteroatoms. The second kappa shape index (κ2) is 8.09. The number of amides is 1. The summed E-state index contributed by atoms with van der Waals surface area (Å²) in [7, 11) is -1.41. The molecule has 1 aliphatic heterocycles. The molecule has 1 amide bonds. The molecule has 6 nitrogen and oxygen atoms in total. The van der Waals surface area contributed by atoms with E-state index in [1.165, 1.54) is 10.4 Å². The molecule has 1 atom stereocenters. The molecular weight excluding hydrogens is 326 g/mol. The summed E-state index contributed by atoms with van der Waals surface area (Å²) in [6, 6.07) is 6.66. The highest BCUT2D eigenvalue weighted by atomic mass is 32.2. The standard InChI is InChI=1S/C17H27N3O3S/c1-4-19(3)14(2)9-10-18-17(21)15-7-5-8-16(13-15)24(22,23)20-11-6-12-20/h5,7-8,13-14H,4,6,9-12H2,1-3H3,(H,18,21)/t14-/m0/s1. The van der Waals surface area contributed by atoms with Crippen LogP contribution in [0.1, 0.15) is 37.0 Å². The van der Waals surface area contributed by atoms with E-state index >= 15 is 0 Å². The van der Waals surface area contributed by atoms with E-state index in [0.29, 0.717) is 31.2 Å². The molecule has 1 heterocycles. The predicted molar refractivity (Wildman–Crippen MR) is 94.5 cm³/mol. The van der Waals surface area contributed by atoms with Gasteiger partial charge in [-0.1, -0.05) is 13.0 Å². The second-order valence-corrected chi connectivity index (χ2v) is 8.19. The van der Waals surface area contributed by atoms with E-state index in [1.54, 1.807) is 18.2 Å². The van der Waals surface area contributed by atoms with Gasteiger partial charge in [-0.2, -0.15) is 4.31 Å². The van der Waals surface area contributed by atoms with E-state index in [-0.39, 0.29) is 10.8 Å². The van der Waals surface area contributed by atoms with Crippen molar-refractivity contribution in [1.82, 2.24) is 14.5 Å². The van der Waals surface area contributed by atoms with Crippen LogP contribution in [0.2, 0.25) is 0 Å². The Balaban J connectivity index is 1.97. The SMILES string of the molecule is CCN(C)[C@@H](C)CCNC(=O)c1cccc(S(=O)(=O)N2CCC2)c1. The molecule has 0 unspecified atom stereocenters. The number of nitrogens with one attached hydrogen (secondary N) is 1. The number of rotatable bonds is 8. The average Bonchev–Trinajstić information content (AvgIpc) is 2.51. The highest BCUT2D eigenvalue weighted by Gasteiger charge is 2.29. The molecule has 1 saturated heterocycles. The van der Waals surface area contributed by atoms with Gasteiger partial charge >= 0.3 is 0 Å². The van der Waals surface area contributed by atoms with Gasteiger partial charge in [0.2, 0.25) is 10.0 Å². The Morgan fingerprint density at radius 1 is 1.38 bits per heavy atom. The normalized spacial score (nSPS) is 16.7. The van der Waals surface area contributed by atoms with Crippen LogP contribution in [0.3, 0.4) is 0 Å². The molecule has 0 aromatic heterocycles. The summed E-state index contributed by atoms with van der Waals surface area (Å²) in [6.45, 7) is 6.86. The summed E-state index contributed by atoms with van der Waals surface area (Å²) in [5, 5.41) is 2.87. The minimum absolute atomic E-state index is 0.189. The van der Waals surface area contributed by atoms with Crippen LogP contribution < -0.4 is 5.32 Å². The summed E-state index contributed by atoms with van der Waals surface area (Å²) in [5.74, 6) is -0.234. The van der Waals surface area contributed by atoms with Crippen molar-refractivity contribution in [1.29, 1.82) is 0 Å². The zero-order valence-electron chi connectivity index (χ0n) is 14.7. The summed E-state index contributed by atoms with van der Waals surface area (Å²) in [5.41, 5.74) is 0.382. The van der Waals surface area contributed by atoms with Crippen molar-refractivity contribution >= 4 is 15.9 Å². The van der Waals surface area contributed by atoms with Crippen LogP contribution >= 0.6 is 0 Å². The Morgan fingerprint density at radius 2 is 2.08 bits per heavy atom. The monoisotopic (exact) mass is 353 g/mol. The number of carbonyl (C=O) groups is 1. The lowest BCUT2D eigenvalue weighted by molar-refractivity contribution is 0.0949.